The average molecular weight is 787 g/mol. The van der Waals surface area contributed by atoms with Crippen molar-refractivity contribution < 1.29 is 47.7 Å². The van der Waals surface area contributed by atoms with Gasteiger partial charge in [0.25, 0.3) is 0 Å². The van der Waals surface area contributed by atoms with Crippen LogP contribution in [0, 0.1) is 11.8 Å². The number of rotatable bonds is 15. The van der Waals surface area contributed by atoms with E-state index in [9.17, 15) is 28.8 Å². The number of nitrogens with zero attached hydrogens (tertiary/aromatic N) is 2. The number of hydrogen-bond donors (Lipinski definition) is 6. The third kappa shape index (κ3) is 5.16. The minimum Gasteiger partial charge on any atom is -0.449 e. The number of fused-ring (bicyclic) bond motifs is 8. The van der Waals surface area contributed by atoms with Gasteiger partial charge in [-0.05, 0) is 13.8 Å². The molecule has 0 bridgehead atoms. The van der Waals surface area contributed by atoms with Gasteiger partial charge >= 0.3 is 12.2 Å². The van der Waals surface area contributed by atoms with Crippen LogP contribution >= 0.6 is 21.6 Å². The summed E-state index contributed by atoms with van der Waals surface area (Å²) in [5.41, 5.74) is 10.6. The van der Waals surface area contributed by atoms with Crippen LogP contribution in [0.25, 0.3) is 0 Å². The van der Waals surface area contributed by atoms with E-state index in [0.29, 0.717) is 60.2 Å². The van der Waals surface area contributed by atoms with Crippen molar-refractivity contribution in [2.24, 2.45) is 23.3 Å². The van der Waals surface area contributed by atoms with Crippen molar-refractivity contribution in [2.45, 2.75) is 49.5 Å². The molecule has 2 amide bonds. The molecule has 2 aliphatic carbocycles. The maximum atomic E-state index is 14.0. The second kappa shape index (κ2) is 13.3. The number of allylic oxidation sites excluding steroid dienone is 4. The number of primary amides is 2. The van der Waals surface area contributed by atoms with Gasteiger partial charge in [0.15, 0.2) is 11.4 Å². The lowest BCUT2D eigenvalue weighted by Crippen LogP contribution is -2.55. The van der Waals surface area contributed by atoms with Crippen LogP contribution in [0.4, 0.5) is 9.59 Å². The van der Waals surface area contributed by atoms with E-state index in [0.717, 1.165) is 0 Å². The standard InChI is InChI=1S/C34H42N8O10S2/c1-13-21(27(45)19-15(11-51-31(35)47)33(49-3)29-17(39-29)9-41(33)23(19)25(13)43)37-5-7-53-54-8-6-38-22-14(2)26(44)24-20(28(22)46)16(12-52-32(36)48)34(50-4)30-18(40-30)10-42(24)34/h15-18,29-30,37-40H,5-12H2,1-4H3,(H2,35,47)(H2,36,48). The molecule has 8 N–H and O–H groups in total. The van der Waals surface area contributed by atoms with Crippen LogP contribution in [0.2, 0.25) is 0 Å². The highest BCUT2D eigenvalue weighted by molar-refractivity contribution is 8.76. The van der Waals surface area contributed by atoms with Crippen LogP contribution in [0.15, 0.2) is 45.1 Å². The van der Waals surface area contributed by atoms with E-state index in [1.807, 2.05) is 9.80 Å². The molecule has 54 heavy (non-hydrogen) atoms. The number of carbonyl (C=O) groups excluding carboxylic acids is 6. The summed E-state index contributed by atoms with van der Waals surface area (Å²) in [5, 5.41) is 13.0. The molecule has 0 aromatic heterocycles. The van der Waals surface area contributed by atoms with Crippen LogP contribution in [0.1, 0.15) is 13.8 Å². The third-order valence-corrected chi connectivity index (χ3v) is 14.3. The molecule has 6 heterocycles. The maximum absolute atomic E-state index is 14.0. The van der Waals surface area contributed by atoms with E-state index in [4.69, 9.17) is 30.4 Å². The van der Waals surface area contributed by atoms with Gasteiger partial charge in [0.2, 0.25) is 23.1 Å². The predicted octanol–water partition coefficient (Wildman–Crippen LogP) is -1.65. The second-order valence-electron chi connectivity index (χ2n) is 14.3. The molecule has 6 aliphatic heterocycles. The lowest BCUT2D eigenvalue weighted by Gasteiger charge is -2.39. The van der Waals surface area contributed by atoms with Crippen molar-refractivity contribution >= 4 is 56.9 Å². The highest BCUT2D eigenvalue weighted by Crippen LogP contribution is 2.57. The largest absolute Gasteiger partial charge is 0.449 e. The Morgan fingerprint density at radius 1 is 0.722 bits per heavy atom. The highest BCUT2D eigenvalue weighted by Gasteiger charge is 2.74. The van der Waals surface area contributed by atoms with Crippen molar-refractivity contribution in [1.29, 1.82) is 0 Å². The number of nitrogens with one attached hydrogen (secondary N) is 4. The number of amides is 2. The number of carbonyl (C=O) groups is 6. The van der Waals surface area contributed by atoms with Crippen LogP contribution in [-0.2, 0) is 38.1 Å². The summed E-state index contributed by atoms with van der Waals surface area (Å²) in [7, 11) is 6.13. The van der Waals surface area contributed by atoms with Gasteiger partial charge in [-0.25, -0.2) is 9.59 Å². The third-order valence-electron chi connectivity index (χ3n) is 11.9. The Hall–Kier alpha value is -4.08. The molecule has 18 nitrogen and oxygen atoms in total. The zero-order valence-corrected chi connectivity index (χ0v) is 31.7. The van der Waals surface area contributed by atoms with E-state index >= 15 is 0 Å². The maximum Gasteiger partial charge on any atom is 0.404 e. The summed E-state index contributed by atoms with van der Waals surface area (Å²) in [5.74, 6) is -1.51. The highest BCUT2D eigenvalue weighted by atomic mass is 33.1. The molecule has 8 aliphatic rings. The zero-order valence-electron chi connectivity index (χ0n) is 30.1. The van der Waals surface area contributed by atoms with Crippen molar-refractivity contribution in [3.63, 3.8) is 0 Å². The minimum atomic E-state index is -1.05. The summed E-state index contributed by atoms with van der Waals surface area (Å²) in [4.78, 5) is 82.3. The molecule has 0 aromatic carbocycles. The molecule has 8 atom stereocenters. The second-order valence-corrected chi connectivity index (χ2v) is 17.0. The number of ether oxygens (including phenoxy) is 4. The molecule has 8 unspecified atom stereocenters. The molecule has 0 radical (unpaired) electrons. The molecule has 0 spiro atoms. The van der Waals surface area contributed by atoms with Gasteiger partial charge in [-0.3, -0.25) is 19.2 Å². The molecule has 20 heteroatoms. The van der Waals surface area contributed by atoms with Crippen LogP contribution < -0.4 is 32.7 Å². The first kappa shape index (κ1) is 36.9. The number of piperazine rings is 2. The summed E-state index contributed by atoms with van der Waals surface area (Å²) in [6.07, 6.45) is -1.96. The lowest BCUT2D eigenvalue weighted by molar-refractivity contribution is -0.137. The fraction of sp³-hybridized carbons (Fsp3) is 0.588. The zero-order chi connectivity index (χ0) is 38.4. The first-order valence-corrected chi connectivity index (χ1v) is 20.2. The summed E-state index contributed by atoms with van der Waals surface area (Å²) in [6.45, 7) is 4.57. The van der Waals surface area contributed by atoms with Crippen LogP contribution in [-0.4, -0.2) is 146 Å². The number of ketones is 4. The Balaban J connectivity index is 0.855. The van der Waals surface area contributed by atoms with Crippen LogP contribution in [0.5, 0.6) is 0 Å². The quantitative estimate of drug-likeness (QED) is 0.0470. The van der Waals surface area contributed by atoms with Crippen molar-refractivity contribution in [3.8, 4) is 0 Å². The Labute approximate surface area is 317 Å². The SMILES string of the molecule is COC12C(COC(N)=O)C3=C(C(=O)C(C)=C(NCCSSCCNC4=C(C)C(=O)C5=C(C4=O)C(COC(N)=O)C4(OC)C6NC6CN54)C3=O)N1CC1NC12. The Morgan fingerprint density at radius 3 is 1.46 bits per heavy atom. The molecule has 0 saturated carbocycles. The van der Waals surface area contributed by atoms with Gasteiger partial charge in [0, 0.05) is 86.3 Å². The first-order valence-electron chi connectivity index (χ1n) is 17.7. The molecule has 4 saturated heterocycles. The molecule has 290 valence electrons. The minimum absolute atomic E-state index is 0.0990. The monoisotopic (exact) mass is 786 g/mol. The normalized spacial score (nSPS) is 34.2. The number of Topliss-reactive ketones (excluding diaryl/α,β-unsaturated/α-hetero) is 4. The Morgan fingerprint density at radius 2 is 1.11 bits per heavy atom. The van der Waals surface area contributed by atoms with E-state index < -0.39 is 35.5 Å². The van der Waals surface area contributed by atoms with E-state index in [1.54, 1.807) is 13.8 Å². The fourth-order valence-electron chi connectivity index (χ4n) is 9.56. The Kier molecular flexibility index (Phi) is 9.08. The molecule has 0 aromatic rings. The first-order chi connectivity index (χ1) is 25.8. The number of methoxy groups -OCH3 is 2. The van der Waals surface area contributed by atoms with E-state index in [-0.39, 0.29) is 83.1 Å². The topological polar surface area (TPSA) is 266 Å². The smallest absolute Gasteiger partial charge is 0.404 e. The van der Waals surface area contributed by atoms with Crippen molar-refractivity contribution in [1.82, 2.24) is 31.1 Å². The molecular formula is C34H42N8O10S2. The molecule has 8 rings (SSSR count). The fourth-order valence-corrected chi connectivity index (χ4v) is 11.4. The van der Waals surface area contributed by atoms with Crippen molar-refractivity contribution in [3.05, 3.63) is 45.1 Å². The van der Waals surface area contributed by atoms with Crippen LogP contribution in [0.3, 0.4) is 0 Å². The van der Waals surface area contributed by atoms with Gasteiger partial charge in [-0.2, -0.15) is 0 Å². The number of nitrogens with two attached hydrogens (primary N) is 2. The summed E-state index contributed by atoms with van der Waals surface area (Å²) >= 11 is 0. The molecule has 4 fully saturated rings. The van der Waals surface area contributed by atoms with Gasteiger partial charge in [-0.1, -0.05) is 21.6 Å². The average Bonchev–Trinajstić information content (AvgIpc) is 3.97. The van der Waals surface area contributed by atoms with E-state index in [2.05, 4.69) is 21.3 Å². The van der Waals surface area contributed by atoms with Gasteiger partial charge < -0.3 is 61.5 Å². The van der Waals surface area contributed by atoms with Gasteiger partial charge in [-0.15, -0.1) is 0 Å². The van der Waals surface area contributed by atoms with Gasteiger partial charge in [0.1, 0.15) is 13.2 Å². The van der Waals surface area contributed by atoms with Crippen molar-refractivity contribution in [2.75, 3.05) is 65.1 Å². The Bertz CT molecular complexity index is 1780. The lowest BCUT2D eigenvalue weighted by atomic mass is 9.82. The molecular weight excluding hydrogens is 745 g/mol. The van der Waals surface area contributed by atoms with E-state index in [1.165, 1.54) is 35.8 Å². The number of hydrogen-bond acceptors (Lipinski definition) is 18. The summed E-state index contributed by atoms with van der Waals surface area (Å²) < 4.78 is 22.4. The predicted molar refractivity (Wildman–Crippen MR) is 193 cm³/mol. The van der Waals surface area contributed by atoms with Gasteiger partial charge in [0.05, 0.1) is 46.7 Å². The summed E-state index contributed by atoms with van der Waals surface area (Å²) in [6, 6.07) is -0.0663.